The van der Waals surface area contributed by atoms with Gasteiger partial charge in [-0.25, -0.2) is 15.0 Å². The van der Waals surface area contributed by atoms with E-state index in [-0.39, 0.29) is 0 Å². The number of para-hydroxylation sites is 2. The summed E-state index contributed by atoms with van der Waals surface area (Å²) in [5.74, 6) is 1.83. The van der Waals surface area contributed by atoms with Gasteiger partial charge in [0.2, 0.25) is 0 Å². The van der Waals surface area contributed by atoms with E-state index >= 15 is 0 Å². The second-order valence-electron chi connectivity index (χ2n) is 14.0. The third-order valence-electron chi connectivity index (χ3n) is 10.6. The van der Waals surface area contributed by atoms with Crippen LogP contribution >= 0.6 is 0 Å². The number of benzene rings is 8. The first-order valence-electron chi connectivity index (χ1n) is 18.7. The van der Waals surface area contributed by atoms with Crippen molar-refractivity contribution in [3.63, 3.8) is 0 Å². The standard InChI is InChI=1S/C51H31N3O2/c1-2-10-35(11-3-1)49-52-50(54-51(53-49)42-16-9-19-47-48(42)41-15-5-7-18-45(41)56-47)36-26-24-33(25-27-36)32-20-22-34(23-21-32)37-12-8-13-38(30-37)39-28-29-46-43(31-39)40-14-4-6-17-44(40)55-46/h1-31H. The zero-order chi connectivity index (χ0) is 37.0. The molecule has 0 spiro atoms. The number of fused-ring (bicyclic) bond motifs is 6. The molecule has 0 fully saturated rings. The molecular formula is C51H31N3O2. The molecule has 262 valence electrons. The Morgan fingerprint density at radius 1 is 0.268 bits per heavy atom. The summed E-state index contributed by atoms with van der Waals surface area (Å²) in [6.07, 6.45) is 0. The van der Waals surface area contributed by atoms with Crippen LogP contribution in [0.5, 0.6) is 0 Å². The van der Waals surface area contributed by atoms with Crippen molar-refractivity contribution in [1.29, 1.82) is 0 Å². The number of hydrogen-bond acceptors (Lipinski definition) is 5. The highest BCUT2D eigenvalue weighted by molar-refractivity contribution is 6.12. The predicted molar refractivity (Wildman–Crippen MR) is 227 cm³/mol. The topological polar surface area (TPSA) is 65.0 Å². The van der Waals surface area contributed by atoms with Gasteiger partial charge in [0.05, 0.1) is 0 Å². The second-order valence-corrected chi connectivity index (χ2v) is 14.0. The van der Waals surface area contributed by atoms with Crippen molar-refractivity contribution in [2.24, 2.45) is 0 Å². The minimum Gasteiger partial charge on any atom is -0.456 e. The van der Waals surface area contributed by atoms with E-state index < -0.39 is 0 Å². The van der Waals surface area contributed by atoms with Crippen LogP contribution in [0.4, 0.5) is 0 Å². The summed E-state index contributed by atoms with van der Waals surface area (Å²) < 4.78 is 12.3. The molecule has 0 saturated heterocycles. The molecule has 0 aliphatic rings. The monoisotopic (exact) mass is 717 g/mol. The molecule has 11 aromatic rings. The van der Waals surface area contributed by atoms with E-state index in [0.29, 0.717) is 17.5 Å². The fourth-order valence-electron chi connectivity index (χ4n) is 7.75. The summed E-state index contributed by atoms with van der Waals surface area (Å²) in [5, 5.41) is 4.29. The maximum atomic E-state index is 6.20. The summed E-state index contributed by atoms with van der Waals surface area (Å²) >= 11 is 0. The van der Waals surface area contributed by atoms with Gasteiger partial charge >= 0.3 is 0 Å². The smallest absolute Gasteiger partial charge is 0.164 e. The van der Waals surface area contributed by atoms with Crippen LogP contribution in [0.15, 0.2) is 197 Å². The first-order valence-corrected chi connectivity index (χ1v) is 18.7. The van der Waals surface area contributed by atoms with Crippen LogP contribution < -0.4 is 0 Å². The molecule has 3 heterocycles. The Hall–Kier alpha value is -7.63. The van der Waals surface area contributed by atoms with Crippen molar-refractivity contribution >= 4 is 43.9 Å². The lowest BCUT2D eigenvalue weighted by Crippen LogP contribution is -2.00. The Balaban J connectivity index is 0.912. The van der Waals surface area contributed by atoms with Gasteiger partial charge in [-0.3, -0.25) is 0 Å². The van der Waals surface area contributed by atoms with Crippen LogP contribution in [0.1, 0.15) is 0 Å². The molecule has 3 aromatic heterocycles. The van der Waals surface area contributed by atoms with Gasteiger partial charge in [-0.1, -0.05) is 152 Å². The molecule has 56 heavy (non-hydrogen) atoms. The molecule has 0 aliphatic heterocycles. The fraction of sp³-hybridized carbons (Fsp3) is 0. The van der Waals surface area contributed by atoms with Gasteiger partial charge < -0.3 is 8.83 Å². The van der Waals surface area contributed by atoms with E-state index in [9.17, 15) is 0 Å². The Morgan fingerprint density at radius 2 is 0.714 bits per heavy atom. The quantitative estimate of drug-likeness (QED) is 0.171. The number of furan rings is 2. The lowest BCUT2D eigenvalue weighted by molar-refractivity contribution is 0.668. The molecule has 0 aliphatic carbocycles. The molecule has 8 aromatic carbocycles. The summed E-state index contributed by atoms with van der Waals surface area (Å²) in [6, 6.07) is 64.8. The van der Waals surface area contributed by atoms with Crippen molar-refractivity contribution in [2.75, 3.05) is 0 Å². The lowest BCUT2D eigenvalue weighted by atomic mass is 9.96. The van der Waals surface area contributed by atoms with Crippen molar-refractivity contribution in [3.05, 3.63) is 188 Å². The minimum absolute atomic E-state index is 0.602. The molecule has 0 amide bonds. The first-order chi connectivity index (χ1) is 27.7. The number of aromatic nitrogens is 3. The van der Waals surface area contributed by atoms with Crippen molar-refractivity contribution in [2.45, 2.75) is 0 Å². The molecule has 0 radical (unpaired) electrons. The minimum atomic E-state index is 0.602. The molecule has 0 bridgehead atoms. The van der Waals surface area contributed by atoms with Gasteiger partial charge in [-0.15, -0.1) is 0 Å². The lowest BCUT2D eigenvalue weighted by Gasteiger charge is -2.10. The highest BCUT2D eigenvalue weighted by Gasteiger charge is 2.18. The van der Waals surface area contributed by atoms with E-state index in [2.05, 4.69) is 115 Å². The van der Waals surface area contributed by atoms with E-state index in [1.54, 1.807) is 0 Å². The molecule has 5 heteroatoms. The molecule has 0 atom stereocenters. The average molecular weight is 718 g/mol. The van der Waals surface area contributed by atoms with Gasteiger partial charge in [-0.05, 0) is 69.8 Å². The van der Waals surface area contributed by atoms with Crippen LogP contribution in [-0.2, 0) is 0 Å². The van der Waals surface area contributed by atoms with Crippen molar-refractivity contribution in [3.8, 4) is 67.5 Å². The summed E-state index contributed by atoms with van der Waals surface area (Å²) in [6.45, 7) is 0. The second kappa shape index (κ2) is 13.0. The zero-order valence-corrected chi connectivity index (χ0v) is 30.1. The van der Waals surface area contributed by atoms with E-state index in [0.717, 1.165) is 82.8 Å². The molecule has 5 nitrogen and oxygen atoms in total. The van der Waals surface area contributed by atoms with Gasteiger partial charge in [0.25, 0.3) is 0 Å². The maximum absolute atomic E-state index is 6.20. The summed E-state index contributed by atoms with van der Waals surface area (Å²) in [7, 11) is 0. The van der Waals surface area contributed by atoms with Gasteiger partial charge in [-0.2, -0.15) is 0 Å². The number of nitrogens with zero attached hydrogens (tertiary/aromatic N) is 3. The van der Waals surface area contributed by atoms with E-state index in [4.69, 9.17) is 23.8 Å². The predicted octanol–water partition coefficient (Wildman–Crippen LogP) is 13.7. The van der Waals surface area contributed by atoms with Crippen molar-refractivity contribution < 1.29 is 8.83 Å². The van der Waals surface area contributed by atoms with Crippen LogP contribution in [0, 0.1) is 0 Å². The Labute approximate surface area is 322 Å². The summed E-state index contributed by atoms with van der Waals surface area (Å²) in [4.78, 5) is 15.1. The number of rotatable bonds is 6. The first kappa shape index (κ1) is 31.9. The molecular weight excluding hydrogens is 687 g/mol. The van der Waals surface area contributed by atoms with Crippen LogP contribution in [0.25, 0.3) is 111 Å². The third-order valence-corrected chi connectivity index (χ3v) is 10.6. The normalized spacial score (nSPS) is 11.6. The van der Waals surface area contributed by atoms with E-state index in [1.165, 1.54) is 11.1 Å². The van der Waals surface area contributed by atoms with Crippen molar-refractivity contribution in [1.82, 2.24) is 15.0 Å². The summed E-state index contributed by atoms with van der Waals surface area (Å²) in [5.41, 5.74) is 13.1. The maximum Gasteiger partial charge on any atom is 0.164 e. The largest absolute Gasteiger partial charge is 0.456 e. The Kier molecular flexibility index (Phi) is 7.42. The molecule has 0 unspecified atom stereocenters. The Morgan fingerprint density at radius 3 is 1.45 bits per heavy atom. The molecule has 0 saturated carbocycles. The van der Waals surface area contributed by atoms with Gasteiger partial charge in [0.15, 0.2) is 17.5 Å². The van der Waals surface area contributed by atoms with Crippen LogP contribution in [0.2, 0.25) is 0 Å². The third kappa shape index (κ3) is 5.53. The fourth-order valence-corrected chi connectivity index (χ4v) is 7.75. The van der Waals surface area contributed by atoms with Crippen LogP contribution in [0.3, 0.4) is 0 Å². The van der Waals surface area contributed by atoms with E-state index in [1.807, 2.05) is 72.8 Å². The molecule has 11 rings (SSSR count). The van der Waals surface area contributed by atoms with Crippen LogP contribution in [-0.4, -0.2) is 15.0 Å². The highest BCUT2D eigenvalue weighted by atomic mass is 16.3. The Bertz CT molecular complexity index is 3230. The average Bonchev–Trinajstić information content (AvgIpc) is 3.85. The van der Waals surface area contributed by atoms with Gasteiger partial charge in [0.1, 0.15) is 22.3 Å². The number of hydrogen-bond donors (Lipinski definition) is 0. The molecule has 0 N–H and O–H groups in total. The SMILES string of the molecule is c1ccc(-c2nc(-c3ccc(-c4ccc(-c5cccc(-c6ccc7oc8ccccc8c7c6)c5)cc4)cc3)nc(-c3cccc4oc5ccccc5c34)n2)cc1. The zero-order valence-electron chi connectivity index (χ0n) is 30.1. The van der Waals surface area contributed by atoms with Gasteiger partial charge in [0, 0.05) is 38.2 Å². The highest BCUT2D eigenvalue weighted by Crippen LogP contribution is 2.37.